The van der Waals surface area contributed by atoms with E-state index in [-0.39, 0.29) is 6.61 Å². The summed E-state index contributed by atoms with van der Waals surface area (Å²) in [6.45, 7) is 7.80. The van der Waals surface area contributed by atoms with Crippen LogP contribution in [0.5, 0.6) is 5.75 Å². The van der Waals surface area contributed by atoms with Crippen molar-refractivity contribution in [1.29, 1.82) is 0 Å². The Bertz CT molecular complexity index is 567. The normalized spacial score (nSPS) is 14.0. The fraction of sp³-hybridized carbons (Fsp3) is 0.474. The van der Waals surface area contributed by atoms with Crippen molar-refractivity contribution in [3.05, 3.63) is 54.0 Å². The zero-order valence-electron chi connectivity index (χ0n) is 14.2. The summed E-state index contributed by atoms with van der Waals surface area (Å²) in [5.74, 6) is 2.62. The van der Waals surface area contributed by atoms with Crippen molar-refractivity contribution in [2.24, 2.45) is 0 Å². The van der Waals surface area contributed by atoms with E-state index >= 15 is 0 Å². The third-order valence-corrected chi connectivity index (χ3v) is 4.00. The van der Waals surface area contributed by atoms with E-state index in [1.54, 1.807) is 0 Å². The van der Waals surface area contributed by atoms with E-state index < -0.39 is 6.10 Å². The number of rotatable bonds is 9. The number of aliphatic hydroxyl groups is 1. The minimum Gasteiger partial charge on any atom is -0.491 e. The van der Waals surface area contributed by atoms with Crippen LogP contribution in [0, 0.1) is 6.92 Å². The predicted molar refractivity (Wildman–Crippen MR) is 91.6 cm³/mol. The number of aliphatic hydroxyl groups excluding tert-OH is 1. The maximum absolute atomic E-state index is 10.3. The summed E-state index contributed by atoms with van der Waals surface area (Å²) in [5, 5.41) is 10.3. The summed E-state index contributed by atoms with van der Waals surface area (Å²) >= 11 is 0. The average Bonchev–Trinajstić information content (AvgIpc) is 2.97. The van der Waals surface area contributed by atoms with Crippen molar-refractivity contribution in [1.82, 2.24) is 4.90 Å². The minimum atomic E-state index is -0.541. The molecule has 0 aliphatic heterocycles. The quantitative estimate of drug-likeness (QED) is 0.767. The summed E-state index contributed by atoms with van der Waals surface area (Å²) in [6.07, 6.45) is 0.478. The van der Waals surface area contributed by atoms with E-state index in [1.165, 1.54) is 0 Å². The van der Waals surface area contributed by atoms with E-state index in [9.17, 15) is 5.11 Å². The standard InChI is InChI=1S/C19H27NO3/c1-4-15(2)20(13-19-11-10-16(3)23-19)12-17(21)14-22-18-8-6-5-7-9-18/h5-11,15,17,21H,4,12-14H2,1-3H3/t15-,17+/m1/s1. The van der Waals surface area contributed by atoms with Gasteiger partial charge in [-0.05, 0) is 44.5 Å². The monoisotopic (exact) mass is 317 g/mol. The fourth-order valence-corrected chi connectivity index (χ4v) is 2.46. The molecule has 1 N–H and O–H groups in total. The molecule has 0 aliphatic carbocycles. The first kappa shape index (κ1) is 17.6. The van der Waals surface area contributed by atoms with Crippen LogP contribution < -0.4 is 4.74 Å². The second kappa shape index (κ2) is 8.75. The highest BCUT2D eigenvalue weighted by atomic mass is 16.5. The number of aryl methyl sites for hydroxylation is 1. The molecule has 126 valence electrons. The van der Waals surface area contributed by atoms with Gasteiger partial charge in [0.2, 0.25) is 0 Å². The van der Waals surface area contributed by atoms with E-state index in [0.717, 1.165) is 23.7 Å². The summed E-state index contributed by atoms with van der Waals surface area (Å²) in [7, 11) is 0. The molecular formula is C19H27NO3. The van der Waals surface area contributed by atoms with Crippen molar-refractivity contribution in [2.45, 2.75) is 45.9 Å². The van der Waals surface area contributed by atoms with Gasteiger partial charge >= 0.3 is 0 Å². The van der Waals surface area contributed by atoms with Gasteiger partial charge in [-0.2, -0.15) is 0 Å². The first-order chi connectivity index (χ1) is 11.1. The van der Waals surface area contributed by atoms with Crippen LogP contribution in [0.15, 0.2) is 46.9 Å². The van der Waals surface area contributed by atoms with Crippen LogP contribution in [-0.4, -0.2) is 35.3 Å². The lowest BCUT2D eigenvalue weighted by molar-refractivity contribution is 0.0477. The zero-order chi connectivity index (χ0) is 16.7. The van der Waals surface area contributed by atoms with Crippen molar-refractivity contribution in [3.63, 3.8) is 0 Å². The molecule has 0 fully saturated rings. The molecule has 23 heavy (non-hydrogen) atoms. The second-order valence-corrected chi connectivity index (χ2v) is 5.98. The van der Waals surface area contributed by atoms with E-state index in [2.05, 4.69) is 18.7 Å². The van der Waals surface area contributed by atoms with Crippen LogP contribution in [0.3, 0.4) is 0 Å². The van der Waals surface area contributed by atoms with Crippen molar-refractivity contribution >= 4 is 0 Å². The Morgan fingerprint density at radius 1 is 1.17 bits per heavy atom. The Kier molecular flexibility index (Phi) is 6.68. The SMILES string of the molecule is CC[C@@H](C)N(Cc1ccc(C)o1)C[C@H](O)COc1ccccc1. The molecule has 0 unspecified atom stereocenters. The molecule has 0 saturated heterocycles. The molecule has 4 nitrogen and oxygen atoms in total. The third kappa shape index (κ3) is 5.73. The van der Waals surface area contributed by atoms with Gasteiger partial charge in [-0.15, -0.1) is 0 Å². The molecule has 1 heterocycles. The molecule has 0 bridgehead atoms. The van der Waals surface area contributed by atoms with Gasteiger partial charge in [-0.1, -0.05) is 25.1 Å². The van der Waals surface area contributed by atoms with Crippen molar-refractivity contribution in [2.75, 3.05) is 13.2 Å². The van der Waals surface area contributed by atoms with E-state index in [1.807, 2.05) is 49.4 Å². The van der Waals surface area contributed by atoms with Gasteiger partial charge in [-0.3, -0.25) is 4.90 Å². The molecule has 0 amide bonds. The van der Waals surface area contributed by atoms with Crippen LogP contribution in [0.2, 0.25) is 0 Å². The van der Waals surface area contributed by atoms with E-state index in [4.69, 9.17) is 9.15 Å². The van der Waals surface area contributed by atoms with Crippen LogP contribution in [-0.2, 0) is 6.54 Å². The number of para-hydroxylation sites is 1. The number of hydrogen-bond donors (Lipinski definition) is 1. The van der Waals surface area contributed by atoms with Gasteiger partial charge < -0.3 is 14.3 Å². The molecule has 2 aromatic rings. The van der Waals surface area contributed by atoms with Gasteiger partial charge in [0.1, 0.15) is 30.0 Å². The summed E-state index contributed by atoms with van der Waals surface area (Å²) in [5.41, 5.74) is 0. The lowest BCUT2D eigenvalue weighted by Gasteiger charge is -2.29. The van der Waals surface area contributed by atoms with Crippen LogP contribution in [0.4, 0.5) is 0 Å². The topological polar surface area (TPSA) is 45.8 Å². The third-order valence-electron chi connectivity index (χ3n) is 4.00. The summed E-state index contributed by atoms with van der Waals surface area (Å²) < 4.78 is 11.3. The fourth-order valence-electron chi connectivity index (χ4n) is 2.46. The predicted octanol–water partition coefficient (Wildman–Crippen LogP) is 3.63. The maximum Gasteiger partial charge on any atom is 0.119 e. The van der Waals surface area contributed by atoms with Crippen molar-refractivity contribution in [3.8, 4) is 5.75 Å². The Hall–Kier alpha value is -1.78. The number of furan rings is 1. The molecule has 1 aromatic carbocycles. The van der Waals surface area contributed by atoms with Gasteiger partial charge in [0.05, 0.1) is 6.54 Å². The molecule has 2 atom stereocenters. The summed E-state index contributed by atoms with van der Waals surface area (Å²) in [4.78, 5) is 2.23. The van der Waals surface area contributed by atoms with Crippen molar-refractivity contribution < 1.29 is 14.3 Å². The molecule has 0 aliphatic rings. The van der Waals surface area contributed by atoms with Crippen LogP contribution in [0.1, 0.15) is 31.8 Å². The van der Waals surface area contributed by atoms with Crippen LogP contribution >= 0.6 is 0 Å². The first-order valence-electron chi connectivity index (χ1n) is 8.23. The van der Waals surface area contributed by atoms with Gasteiger partial charge in [0.15, 0.2) is 0 Å². The summed E-state index contributed by atoms with van der Waals surface area (Å²) in [6, 6.07) is 13.9. The van der Waals surface area contributed by atoms with Gasteiger partial charge in [0, 0.05) is 12.6 Å². The Morgan fingerprint density at radius 2 is 1.91 bits per heavy atom. The first-order valence-corrected chi connectivity index (χ1v) is 8.23. The van der Waals surface area contributed by atoms with E-state index in [0.29, 0.717) is 19.1 Å². The molecule has 4 heteroatoms. The lowest BCUT2D eigenvalue weighted by Crippen LogP contribution is -2.40. The molecule has 0 saturated carbocycles. The molecule has 2 rings (SSSR count). The number of benzene rings is 1. The Balaban J connectivity index is 1.88. The van der Waals surface area contributed by atoms with Crippen LogP contribution in [0.25, 0.3) is 0 Å². The number of hydrogen-bond acceptors (Lipinski definition) is 4. The largest absolute Gasteiger partial charge is 0.491 e. The van der Waals surface area contributed by atoms with Gasteiger partial charge in [0.25, 0.3) is 0 Å². The Morgan fingerprint density at radius 3 is 2.52 bits per heavy atom. The minimum absolute atomic E-state index is 0.286. The Labute approximate surface area is 138 Å². The van der Waals surface area contributed by atoms with Gasteiger partial charge in [-0.25, -0.2) is 0 Å². The molecule has 0 radical (unpaired) electrons. The smallest absolute Gasteiger partial charge is 0.119 e. The number of nitrogens with zero attached hydrogens (tertiary/aromatic N) is 1. The molecule has 1 aromatic heterocycles. The highest BCUT2D eigenvalue weighted by Gasteiger charge is 2.18. The zero-order valence-corrected chi connectivity index (χ0v) is 14.2. The number of ether oxygens (including phenoxy) is 1. The molecule has 0 spiro atoms. The maximum atomic E-state index is 10.3. The lowest BCUT2D eigenvalue weighted by atomic mass is 10.2. The highest BCUT2D eigenvalue weighted by molar-refractivity contribution is 5.20. The molecular weight excluding hydrogens is 290 g/mol. The average molecular weight is 317 g/mol. The highest BCUT2D eigenvalue weighted by Crippen LogP contribution is 2.15. The second-order valence-electron chi connectivity index (χ2n) is 5.98.